The van der Waals surface area contributed by atoms with Crippen LogP contribution in [0.5, 0.6) is 5.75 Å². The summed E-state index contributed by atoms with van der Waals surface area (Å²) >= 11 is 0. The summed E-state index contributed by atoms with van der Waals surface area (Å²) in [4.78, 5) is 16.5. The molecule has 2 N–H and O–H groups in total. The first-order valence-electron chi connectivity index (χ1n) is 9.94. The lowest BCUT2D eigenvalue weighted by Crippen LogP contribution is -3.41. The van der Waals surface area contributed by atoms with Crippen molar-refractivity contribution in [2.24, 2.45) is 10.8 Å². The molecule has 5 rings (SSSR count). The molecule has 0 atom stereocenters. The summed E-state index contributed by atoms with van der Waals surface area (Å²) in [6, 6.07) is 8.70. The summed E-state index contributed by atoms with van der Waals surface area (Å²) in [6.07, 6.45) is 2.67. The molecule has 0 amide bonds. The van der Waals surface area contributed by atoms with E-state index in [1.165, 1.54) is 5.56 Å². The molecule has 4 heteroatoms. The van der Waals surface area contributed by atoms with Crippen LogP contribution in [0.2, 0.25) is 0 Å². The molecular weight excluding hydrogens is 312 g/mol. The lowest BCUT2D eigenvalue weighted by atomic mass is 9.58. The number of nitrogens with one attached hydrogen (secondary N) is 2. The van der Waals surface area contributed by atoms with E-state index in [1.807, 2.05) is 0 Å². The number of Topliss-reactive ketones (excluding diaryl/α,β-unsaturated/α-hetero) is 1. The van der Waals surface area contributed by atoms with Gasteiger partial charge in [-0.15, -0.1) is 0 Å². The number of ether oxygens (including phenoxy) is 1. The number of quaternary nitrogens is 2. The standard InChI is InChI=1S/C21H30N2O2/c1-5-20-11-22-13-21(6-2,19(20)24)14-23(12-20)18(22)16-7-9-17(10-8-16)25-15(3)4/h7-10,15,18H,5-6,11-14H2,1-4H3/p+2. The fourth-order valence-electron chi connectivity index (χ4n) is 5.87. The third kappa shape index (κ3) is 2.45. The highest BCUT2D eigenvalue weighted by atomic mass is 16.5. The van der Waals surface area contributed by atoms with Gasteiger partial charge in [0.25, 0.3) is 0 Å². The zero-order valence-corrected chi connectivity index (χ0v) is 16.0. The molecule has 1 aromatic carbocycles. The number of hydrogen-bond donors (Lipinski definition) is 2. The van der Waals surface area contributed by atoms with Gasteiger partial charge in [0.2, 0.25) is 6.17 Å². The lowest BCUT2D eigenvalue weighted by molar-refractivity contribution is -1.18. The molecule has 4 saturated heterocycles. The Balaban J connectivity index is 1.63. The topological polar surface area (TPSA) is 35.2 Å². The Morgan fingerprint density at radius 1 is 1.00 bits per heavy atom. The summed E-state index contributed by atoms with van der Waals surface area (Å²) in [7, 11) is 0. The summed E-state index contributed by atoms with van der Waals surface area (Å²) < 4.78 is 5.80. The first kappa shape index (κ1) is 17.0. The molecule has 0 aliphatic carbocycles. The van der Waals surface area contributed by atoms with Gasteiger partial charge in [0, 0.05) is 0 Å². The molecule has 4 nitrogen and oxygen atoms in total. The quantitative estimate of drug-likeness (QED) is 0.822. The Labute approximate surface area is 151 Å². The van der Waals surface area contributed by atoms with Crippen LogP contribution in [0.1, 0.15) is 52.3 Å². The van der Waals surface area contributed by atoms with Crippen LogP contribution >= 0.6 is 0 Å². The van der Waals surface area contributed by atoms with Crippen LogP contribution in [0.15, 0.2) is 24.3 Å². The SMILES string of the molecule is CCC12C[NH+]3CC(CC)(C[NH+](C1)C3c1ccc(OC(C)C)cc1)C2=O. The molecule has 0 saturated carbocycles. The smallest absolute Gasteiger partial charge is 0.240 e. The first-order valence-corrected chi connectivity index (χ1v) is 9.94. The Kier molecular flexibility index (Phi) is 3.97. The van der Waals surface area contributed by atoms with Crippen molar-refractivity contribution >= 4 is 5.78 Å². The predicted octanol–water partition coefficient (Wildman–Crippen LogP) is 0.645. The van der Waals surface area contributed by atoms with Crippen LogP contribution in [0.3, 0.4) is 0 Å². The molecule has 4 aliphatic rings. The zero-order valence-electron chi connectivity index (χ0n) is 16.0. The van der Waals surface area contributed by atoms with E-state index in [4.69, 9.17) is 4.74 Å². The van der Waals surface area contributed by atoms with E-state index in [0.29, 0.717) is 11.9 Å². The van der Waals surface area contributed by atoms with Gasteiger partial charge in [-0.1, -0.05) is 13.8 Å². The van der Waals surface area contributed by atoms with Crippen molar-refractivity contribution in [3.8, 4) is 5.75 Å². The fourth-order valence-corrected chi connectivity index (χ4v) is 5.87. The molecule has 0 aromatic heterocycles. The number of rotatable bonds is 5. The van der Waals surface area contributed by atoms with Crippen molar-refractivity contribution < 1.29 is 19.3 Å². The van der Waals surface area contributed by atoms with Crippen LogP contribution in [-0.4, -0.2) is 38.1 Å². The number of piperidine rings is 2. The van der Waals surface area contributed by atoms with Gasteiger partial charge < -0.3 is 4.74 Å². The predicted molar refractivity (Wildman–Crippen MR) is 96.8 cm³/mol. The molecule has 136 valence electrons. The molecule has 4 bridgehead atoms. The van der Waals surface area contributed by atoms with Crippen molar-refractivity contribution in [3.63, 3.8) is 0 Å². The van der Waals surface area contributed by atoms with Gasteiger partial charge in [0.15, 0.2) is 5.78 Å². The van der Waals surface area contributed by atoms with Crippen LogP contribution in [0.4, 0.5) is 0 Å². The van der Waals surface area contributed by atoms with Crippen LogP contribution in [-0.2, 0) is 4.79 Å². The van der Waals surface area contributed by atoms with E-state index in [0.717, 1.165) is 44.8 Å². The van der Waals surface area contributed by atoms with Crippen molar-refractivity contribution in [2.45, 2.75) is 52.8 Å². The number of carbonyl (C=O) groups excluding carboxylic acids is 1. The van der Waals surface area contributed by atoms with Gasteiger partial charge in [-0.3, -0.25) is 14.6 Å². The average molecular weight is 344 g/mol. The van der Waals surface area contributed by atoms with Crippen molar-refractivity contribution in [3.05, 3.63) is 29.8 Å². The minimum absolute atomic E-state index is 0.0750. The third-order valence-electron chi connectivity index (χ3n) is 6.98. The normalized spacial score (nSPS) is 39.2. The van der Waals surface area contributed by atoms with Crippen molar-refractivity contribution in [1.82, 2.24) is 0 Å². The minimum Gasteiger partial charge on any atom is -0.491 e. The highest BCUT2D eigenvalue weighted by Crippen LogP contribution is 2.40. The second-order valence-electron chi connectivity index (χ2n) is 8.79. The Morgan fingerprint density at radius 3 is 1.88 bits per heavy atom. The van der Waals surface area contributed by atoms with Gasteiger partial charge in [0.1, 0.15) is 42.8 Å². The Morgan fingerprint density at radius 2 is 1.48 bits per heavy atom. The summed E-state index contributed by atoms with van der Waals surface area (Å²) in [5.74, 6) is 1.53. The summed E-state index contributed by atoms with van der Waals surface area (Å²) in [6.45, 7) is 12.6. The van der Waals surface area contributed by atoms with E-state index < -0.39 is 0 Å². The number of ketones is 1. The third-order valence-corrected chi connectivity index (χ3v) is 6.98. The minimum atomic E-state index is -0.0750. The van der Waals surface area contributed by atoms with Crippen LogP contribution in [0, 0.1) is 10.8 Å². The van der Waals surface area contributed by atoms with E-state index in [2.05, 4.69) is 52.0 Å². The van der Waals surface area contributed by atoms with Gasteiger partial charge in [0.05, 0.1) is 11.7 Å². The first-order chi connectivity index (χ1) is 11.9. The van der Waals surface area contributed by atoms with E-state index in [-0.39, 0.29) is 16.9 Å². The highest BCUT2D eigenvalue weighted by Gasteiger charge is 2.70. The molecule has 4 heterocycles. The second kappa shape index (κ2) is 5.82. The summed E-state index contributed by atoms with van der Waals surface area (Å²) in [5, 5.41) is 0. The van der Waals surface area contributed by atoms with Crippen molar-refractivity contribution in [1.29, 1.82) is 0 Å². The highest BCUT2D eigenvalue weighted by molar-refractivity contribution is 5.92. The van der Waals surface area contributed by atoms with Gasteiger partial charge in [-0.2, -0.15) is 0 Å². The zero-order chi connectivity index (χ0) is 17.8. The van der Waals surface area contributed by atoms with Gasteiger partial charge >= 0.3 is 0 Å². The Bertz CT molecular complexity index is 625. The molecule has 0 unspecified atom stereocenters. The van der Waals surface area contributed by atoms with Crippen molar-refractivity contribution in [2.75, 3.05) is 26.2 Å². The average Bonchev–Trinajstić information content (AvgIpc) is 2.59. The molecule has 0 radical (unpaired) electrons. The molecule has 4 fully saturated rings. The number of benzene rings is 1. The lowest BCUT2D eigenvalue weighted by Gasteiger charge is -2.60. The maximum Gasteiger partial charge on any atom is 0.240 e. The van der Waals surface area contributed by atoms with Crippen LogP contribution < -0.4 is 14.5 Å². The summed E-state index contributed by atoms with van der Waals surface area (Å²) in [5.41, 5.74) is 1.24. The number of carbonyl (C=O) groups is 1. The van der Waals surface area contributed by atoms with E-state index in [1.54, 1.807) is 9.80 Å². The molecule has 4 aliphatic heterocycles. The fraction of sp³-hybridized carbons (Fsp3) is 0.667. The molecular formula is C21H32N2O2+2. The second-order valence-corrected chi connectivity index (χ2v) is 8.79. The number of hydrogen-bond acceptors (Lipinski definition) is 2. The monoisotopic (exact) mass is 344 g/mol. The largest absolute Gasteiger partial charge is 0.491 e. The van der Waals surface area contributed by atoms with Gasteiger partial charge in [-0.05, 0) is 51.0 Å². The van der Waals surface area contributed by atoms with Gasteiger partial charge in [-0.25, -0.2) is 0 Å². The maximum absolute atomic E-state index is 13.2. The molecule has 1 aromatic rings. The van der Waals surface area contributed by atoms with E-state index >= 15 is 0 Å². The molecule has 0 spiro atoms. The molecule has 25 heavy (non-hydrogen) atoms. The van der Waals surface area contributed by atoms with Crippen LogP contribution in [0.25, 0.3) is 0 Å². The van der Waals surface area contributed by atoms with E-state index in [9.17, 15) is 4.79 Å². The Hall–Kier alpha value is -1.39. The maximum atomic E-state index is 13.2.